The summed E-state index contributed by atoms with van der Waals surface area (Å²) in [6, 6.07) is 9.43. The normalized spacial score (nSPS) is 12.0. The van der Waals surface area contributed by atoms with E-state index in [2.05, 4.69) is 4.99 Å². The summed E-state index contributed by atoms with van der Waals surface area (Å²) in [7, 11) is 0. The molecule has 0 unspecified atom stereocenters. The number of benzene rings is 2. The van der Waals surface area contributed by atoms with E-state index in [4.69, 9.17) is 11.6 Å². The second kappa shape index (κ2) is 6.18. The molecule has 110 valence electrons. The van der Waals surface area contributed by atoms with Crippen LogP contribution in [0.4, 0.5) is 13.2 Å². The van der Waals surface area contributed by atoms with Crippen LogP contribution in [-0.4, -0.2) is 11.3 Å². The number of rotatable bonds is 3. The summed E-state index contributed by atoms with van der Waals surface area (Å²) in [5, 5.41) is 10.0. The molecule has 0 aromatic heterocycles. The second-order valence-electron chi connectivity index (χ2n) is 4.37. The van der Waals surface area contributed by atoms with Crippen LogP contribution in [0.25, 0.3) is 0 Å². The molecule has 0 aliphatic carbocycles. The molecule has 1 N–H and O–H groups in total. The van der Waals surface area contributed by atoms with Crippen LogP contribution in [0.1, 0.15) is 16.7 Å². The first-order valence-electron chi connectivity index (χ1n) is 6.01. The highest BCUT2D eigenvalue weighted by molar-refractivity contribution is 6.30. The minimum Gasteiger partial charge on any atom is -0.507 e. The number of phenolic OH excluding ortho intramolecular Hbond substituents is 1. The van der Waals surface area contributed by atoms with Crippen molar-refractivity contribution in [1.82, 2.24) is 0 Å². The van der Waals surface area contributed by atoms with Gasteiger partial charge in [-0.2, -0.15) is 13.2 Å². The van der Waals surface area contributed by atoms with E-state index in [9.17, 15) is 18.3 Å². The first-order chi connectivity index (χ1) is 9.86. The molecule has 21 heavy (non-hydrogen) atoms. The predicted molar refractivity (Wildman–Crippen MR) is 75.9 cm³/mol. The van der Waals surface area contributed by atoms with Crippen LogP contribution in [0.3, 0.4) is 0 Å². The van der Waals surface area contributed by atoms with Crippen molar-refractivity contribution in [2.75, 3.05) is 0 Å². The van der Waals surface area contributed by atoms with E-state index in [0.717, 1.165) is 12.1 Å². The molecule has 0 saturated heterocycles. The summed E-state index contributed by atoms with van der Waals surface area (Å²) in [6.07, 6.45) is -2.99. The summed E-state index contributed by atoms with van der Waals surface area (Å²) in [5.41, 5.74) is 0.137. The van der Waals surface area contributed by atoms with Gasteiger partial charge in [0.1, 0.15) is 5.75 Å². The van der Waals surface area contributed by atoms with Crippen LogP contribution in [0.15, 0.2) is 47.5 Å². The minimum absolute atomic E-state index is 0.00666. The van der Waals surface area contributed by atoms with E-state index in [0.29, 0.717) is 16.1 Å². The standard InChI is InChI=1S/C15H11ClF3NO/c16-13-4-5-14(21)11(7-13)9-20-8-10-2-1-3-12(6-10)15(17,18)19/h1-7,9,21H,8H2. The maximum absolute atomic E-state index is 12.6. The number of aromatic hydroxyl groups is 1. The molecular formula is C15H11ClF3NO. The fraction of sp³-hybridized carbons (Fsp3) is 0.133. The van der Waals surface area contributed by atoms with Gasteiger partial charge in [0.15, 0.2) is 0 Å². The van der Waals surface area contributed by atoms with Gasteiger partial charge in [-0.15, -0.1) is 0 Å². The third-order valence-electron chi connectivity index (χ3n) is 2.75. The van der Waals surface area contributed by atoms with Crippen molar-refractivity contribution in [3.8, 4) is 5.75 Å². The van der Waals surface area contributed by atoms with E-state index in [1.807, 2.05) is 0 Å². The van der Waals surface area contributed by atoms with Gasteiger partial charge < -0.3 is 5.11 Å². The van der Waals surface area contributed by atoms with Crippen LogP contribution in [0.5, 0.6) is 5.75 Å². The number of hydrogen-bond acceptors (Lipinski definition) is 2. The van der Waals surface area contributed by atoms with Gasteiger partial charge in [-0.1, -0.05) is 23.7 Å². The van der Waals surface area contributed by atoms with E-state index in [1.54, 1.807) is 6.07 Å². The molecule has 0 fully saturated rings. The monoisotopic (exact) mass is 313 g/mol. The fourth-order valence-corrected chi connectivity index (χ4v) is 1.90. The first kappa shape index (κ1) is 15.4. The van der Waals surface area contributed by atoms with E-state index in [-0.39, 0.29) is 12.3 Å². The number of phenols is 1. The molecule has 0 radical (unpaired) electrons. The third kappa shape index (κ3) is 4.23. The maximum atomic E-state index is 12.6. The van der Waals surface area contributed by atoms with Crippen molar-refractivity contribution in [2.45, 2.75) is 12.7 Å². The fourth-order valence-electron chi connectivity index (χ4n) is 1.72. The summed E-state index contributed by atoms with van der Waals surface area (Å²) in [5.74, 6) is 0.00666. The highest BCUT2D eigenvalue weighted by Crippen LogP contribution is 2.29. The SMILES string of the molecule is Oc1ccc(Cl)cc1C=NCc1cccc(C(F)(F)F)c1. The quantitative estimate of drug-likeness (QED) is 0.820. The lowest BCUT2D eigenvalue weighted by atomic mass is 10.1. The Bertz CT molecular complexity index is 668. The average molecular weight is 314 g/mol. The molecule has 0 heterocycles. The van der Waals surface area contributed by atoms with Gasteiger partial charge in [0.2, 0.25) is 0 Å². The summed E-state index contributed by atoms with van der Waals surface area (Å²) < 4.78 is 37.7. The highest BCUT2D eigenvalue weighted by Gasteiger charge is 2.30. The topological polar surface area (TPSA) is 32.6 Å². The number of nitrogens with zero attached hydrogens (tertiary/aromatic N) is 1. The van der Waals surface area contributed by atoms with E-state index in [1.165, 1.54) is 30.5 Å². The lowest BCUT2D eigenvalue weighted by Crippen LogP contribution is -2.05. The Morgan fingerprint density at radius 2 is 1.90 bits per heavy atom. The molecule has 2 aromatic rings. The van der Waals surface area contributed by atoms with Crippen molar-refractivity contribution >= 4 is 17.8 Å². The first-order valence-corrected chi connectivity index (χ1v) is 6.38. The van der Waals surface area contributed by atoms with Gasteiger partial charge in [0.25, 0.3) is 0 Å². The Kier molecular flexibility index (Phi) is 4.53. The zero-order chi connectivity index (χ0) is 15.5. The van der Waals surface area contributed by atoms with Gasteiger partial charge in [0, 0.05) is 16.8 Å². The molecule has 0 amide bonds. The second-order valence-corrected chi connectivity index (χ2v) is 4.81. The summed E-state index contributed by atoms with van der Waals surface area (Å²) >= 11 is 5.79. The van der Waals surface area contributed by atoms with Crippen LogP contribution >= 0.6 is 11.6 Å². The van der Waals surface area contributed by atoms with Gasteiger partial charge in [0.05, 0.1) is 12.1 Å². The zero-order valence-corrected chi connectivity index (χ0v) is 11.5. The molecular weight excluding hydrogens is 303 g/mol. The molecule has 2 rings (SSSR count). The molecule has 0 saturated carbocycles. The van der Waals surface area contributed by atoms with Crippen LogP contribution < -0.4 is 0 Å². The molecule has 0 spiro atoms. The molecule has 0 aliphatic rings. The lowest BCUT2D eigenvalue weighted by molar-refractivity contribution is -0.137. The number of aliphatic imine (C=N–C) groups is 1. The van der Waals surface area contributed by atoms with Crippen molar-refractivity contribution in [3.05, 3.63) is 64.2 Å². The molecule has 0 aliphatic heterocycles. The molecule has 2 aromatic carbocycles. The Hall–Kier alpha value is -2.01. The lowest BCUT2D eigenvalue weighted by Gasteiger charge is -2.07. The smallest absolute Gasteiger partial charge is 0.416 e. The Morgan fingerprint density at radius 1 is 1.14 bits per heavy atom. The Morgan fingerprint density at radius 3 is 2.62 bits per heavy atom. The molecule has 2 nitrogen and oxygen atoms in total. The highest BCUT2D eigenvalue weighted by atomic mass is 35.5. The molecule has 0 bridgehead atoms. The largest absolute Gasteiger partial charge is 0.507 e. The van der Waals surface area contributed by atoms with E-state index < -0.39 is 11.7 Å². The summed E-state index contributed by atoms with van der Waals surface area (Å²) in [6.45, 7) is 0.0792. The minimum atomic E-state index is -4.37. The average Bonchev–Trinajstić information content (AvgIpc) is 2.42. The summed E-state index contributed by atoms with van der Waals surface area (Å²) in [4.78, 5) is 4.03. The maximum Gasteiger partial charge on any atom is 0.416 e. The third-order valence-corrected chi connectivity index (χ3v) is 2.98. The number of hydrogen-bond donors (Lipinski definition) is 1. The van der Waals surface area contributed by atoms with Gasteiger partial charge in [-0.05, 0) is 35.9 Å². The number of halogens is 4. The van der Waals surface area contributed by atoms with Crippen LogP contribution in [0.2, 0.25) is 5.02 Å². The van der Waals surface area contributed by atoms with E-state index >= 15 is 0 Å². The predicted octanol–water partition coefficient (Wildman–Crippen LogP) is 4.68. The van der Waals surface area contributed by atoms with Crippen LogP contribution in [0, 0.1) is 0 Å². The number of alkyl halides is 3. The van der Waals surface area contributed by atoms with Crippen molar-refractivity contribution < 1.29 is 18.3 Å². The Balaban J connectivity index is 2.13. The van der Waals surface area contributed by atoms with Crippen LogP contribution in [-0.2, 0) is 12.7 Å². The van der Waals surface area contributed by atoms with Gasteiger partial charge >= 0.3 is 6.18 Å². The van der Waals surface area contributed by atoms with Crippen molar-refractivity contribution in [3.63, 3.8) is 0 Å². The Labute approximate surface area is 124 Å². The van der Waals surface area contributed by atoms with Crippen molar-refractivity contribution in [2.24, 2.45) is 4.99 Å². The van der Waals surface area contributed by atoms with Crippen molar-refractivity contribution in [1.29, 1.82) is 0 Å². The van der Waals surface area contributed by atoms with Gasteiger partial charge in [-0.3, -0.25) is 4.99 Å². The molecule has 6 heteroatoms. The van der Waals surface area contributed by atoms with Gasteiger partial charge in [-0.25, -0.2) is 0 Å². The zero-order valence-electron chi connectivity index (χ0n) is 10.7. The molecule has 0 atom stereocenters.